The SMILES string of the molecule is CC1=C(C)CC(c2cccn2S(=O)(=O)c2ccc(C)cc2)OC1. The average molecular weight is 331 g/mol. The molecule has 0 radical (unpaired) electrons. The normalized spacial score (nSPS) is 19.2. The second kappa shape index (κ2) is 5.98. The lowest BCUT2D eigenvalue weighted by molar-refractivity contribution is 0.0543. The molecule has 3 rings (SSSR count). The number of nitrogens with zero attached hydrogens (tertiary/aromatic N) is 1. The van der Waals surface area contributed by atoms with E-state index in [4.69, 9.17) is 4.74 Å². The number of rotatable bonds is 3. The smallest absolute Gasteiger partial charge is 0.267 e. The number of benzene rings is 1. The summed E-state index contributed by atoms with van der Waals surface area (Å²) < 4.78 is 33.0. The number of hydrogen-bond acceptors (Lipinski definition) is 3. The van der Waals surface area contributed by atoms with Crippen molar-refractivity contribution in [1.29, 1.82) is 0 Å². The first kappa shape index (κ1) is 16.0. The van der Waals surface area contributed by atoms with Gasteiger partial charge in [0.1, 0.15) is 6.10 Å². The molecule has 1 aromatic carbocycles. The van der Waals surface area contributed by atoms with Crippen LogP contribution in [-0.2, 0) is 14.8 Å². The molecule has 1 unspecified atom stereocenters. The maximum Gasteiger partial charge on any atom is 0.267 e. The summed E-state index contributed by atoms with van der Waals surface area (Å²) in [5.74, 6) is 0. The molecule has 5 heteroatoms. The molecule has 23 heavy (non-hydrogen) atoms. The van der Waals surface area contributed by atoms with Crippen LogP contribution in [0.1, 0.15) is 37.6 Å². The molecule has 2 aromatic rings. The van der Waals surface area contributed by atoms with Gasteiger partial charge in [0.2, 0.25) is 0 Å². The van der Waals surface area contributed by atoms with Gasteiger partial charge in [0, 0.05) is 12.6 Å². The zero-order valence-electron chi connectivity index (χ0n) is 13.6. The first-order chi connectivity index (χ1) is 10.9. The summed E-state index contributed by atoms with van der Waals surface area (Å²) in [6, 6.07) is 10.5. The Bertz CT molecular complexity index is 845. The van der Waals surface area contributed by atoms with Crippen molar-refractivity contribution < 1.29 is 13.2 Å². The van der Waals surface area contributed by atoms with E-state index in [-0.39, 0.29) is 6.10 Å². The van der Waals surface area contributed by atoms with Crippen LogP contribution in [0.5, 0.6) is 0 Å². The Balaban J connectivity index is 1.99. The number of aromatic nitrogens is 1. The van der Waals surface area contributed by atoms with Crippen molar-refractivity contribution in [2.75, 3.05) is 6.61 Å². The second-order valence-electron chi connectivity index (χ2n) is 6.11. The van der Waals surface area contributed by atoms with Crippen LogP contribution in [0.25, 0.3) is 0 Å². The van der Waals surface area contributed by atoms with Gasteiger partial charge in [-0.2, -0.15) is 0 Å². The Hall–Kier alpha value is -1.85. The minimum absolute atomic E-state index is 0.228. The highest BCUT2D eigenvalue weighted by Crippen LogP contribution is 2.33. The van der Waals surface area contributed by atoms with E-state index in [0.29, 0.717) is 17.2 Å². The fourth-order valence-corrected chi connectivity index (χ4v) is 4.11. The quantitative estimate of drug-likeness (QED) is 0.803. The van der Waals surface area contributed by atoms with E-state index >= 15 is 0 Å². The minimum Gasteiger partial charge on any atom is -0.367 e. The molecule has 122 valence electrons. The van der Waals surface area contributed by atoms with Gasteiger partial charge in [-0.05, 0) is 50.6 Å². The highest BCUT2D eigenvalue weighted by Gasteiger charge is 2.26. The molecule has 0 N–H and O–H groups in total. The standard InChI is InChI=1S/C18H21NO3S/c1-13-6-8-16(9-7-13)23(20,21)19-10-4-5-17(19)18-11-14(2)15(3)12-22-18/h4-10,18H,11-12H2,1-3H3. The molecule has 1 aliphatic rings. The van der Waals surface area contributed by atoms with Gasteiger partial charge in [0.05, 0.1) is 17.2 Å². The van der Waals surface area contributed by atoms with Crippen molar-refractivity contribution in [1.82, 2.24) is 3.97 Å². The van der Waals surface area contributed by atoms with Gasteiger partial charge in [-0.1, -0.05) is 23.3 Å². The molecule has 1 aliphatic heterocycles. The van der Waals surface area contributed by atoms with Crippen molar-refractivity contribution in [3.8, 4) is 0 Å². The number of hydrogen-bond donors (Lipinski definition) is 0. The Morgan fingerprint density at radius 1 is 1.04 bits per heavy atom. The molecule has 0 spiro atoms. The molecular weight excluding hydrogens is 310 g/mol. The fourth-order valence-electron chi connectivity index (χ4n) is 2.72. The van der Waals surface area contributed by atoms with E-state index in [1.54, 1.807) is 24.4 Å². The van der Waals surface area contributed by atoms with Crippen LogP contribution in [0, 0.1) is 6.92 Å². The largest absolute Gasteiger partial charge is 0.367 e. The maximum atomic E-state index is 12.9. The summed E-state index contributed by atoms with van der Waals surface area (Å²) >= 11 is 0. The molecule has 0 saturated heterocycles. The monoisotopic (exact) mass is 331 g/mol. The molecule has 2 heterocycles. The van der Waals surface area contributed by atoms with E-state index in [9.17, 15) is 8.42 Å². The van der Waals surface area contributed by atoms with Gasteiger partial charge >= 0.3 is 0 Å². The Morgan fingerprint density at radius 3 is 2.39 bits per heavy atom. The van der Waals surface area contributed by atoms with Crippen LogP contribution in [-0.4, -0.2) is 19.0 Å². The third-order valence-electron chi connectivity index (χ3n) is 4.37. The van der Waals surface area contributed by atoms with E-state index in [1.165, 1.54) is 15.1 Å². The van der Waals surface area contributed by atoms with E-state index < -0.39 is 10.0 Å². The van der Waals surface area contributed by atoms with Crippen LogP contribution >= 0.6 is 0 Å². The zero-order chi connectivity index (χ0) is 16.6. The Labute approximate surface area is 137 Å². The van der Waals surface area contributed by atoms with Gasteiger partial charge < -0.3 is 4.74 Å². The first-order valence-corrected chi connectivity index (χ1v) is 9.10. The van der Waals surface area contributed by atoms with Gasteiger partial charge in [-0.25, -0.2) is 12.4 Å². The molecule has 0 amide bonds. The van der Waals surface area contributed by atoms with Gasteiger partial charge in [-0.3, -0.25) is 0 Å². The Kier molecular flexibility index (Phi) is 4.17. The van der Waals surface area contributed by atoms with Crippen LogP contribution in [0.3, 0.4) is 0 Å². The molecular formula is C18H21NO3S. The first-order valence-electron chi connectivity index (χ1n) is 7.66. The topological polar surface area (TPSA) is 48.3 Å². The third-order valence-corrected chi connectivity index (χ3v) is 6.09. The highest BCUT2D eigenvalue weighted by atomic mass is 32.2. The molecule has 0 fully saturated rings. The van der Waals surface area contributed by atoms with E-state index in [2.05, 4.69) is 6.92 Å². The van der Waals surface area contributed by atoms with Gasteiger partial charge in [-0.15, -0.1) is 0 Å². The molecule has 1 aromatic heterocycles. The molecule has 4 nitrogen and oxygen atoms in total. The maximum absolute atomic E-state index is 12.9. The van der Waals surface area contributed by atoms with E-state index in [1.807, 2.05) is 32.0 Å². The molecule has 0 saturated carbocycles. The average Bonchev–Trinajstić information content (AvgIpc) is 3.01. The van der Waals surface area contributed by atoms with Crippen LogP contribution in [0.2, 0.25) is 0 Å². The predicted octanol–water partition coefficient (Wildman–Crippen LogP) is 3.83. The van der Waals surface area contributed by atoms with Crippen molar-refractivity contribution in [3.05, 3.63) is 65.0 Å². The lowest BCUT2D eigenvalue weighted by Crippen LogP contribution is -2.21. The van der Waals surface area contributed by atoms with Crippen LogP contribution < -0.4 is 0 Å². The summed E-state index contributed by atoms with van der Waals surface area (Å²) in [4.78, 5) is 0.291. The summed E-state index contributed by atoms with van der Waals surface area (Å²) in [6.45, 7) is 6.61. The Morgan fingerprint density at radius 2 is 1.74 bits per heavy atom. The van der Waals surface area contributed by atoms with Gasteiger partial charge in [0.25, 0.3) is 10.0 Å². The summed E-state index contributed by atoms with van der Waals surface area (Å²) in [7, 11) is -3.60. The fraction of sp³-hybridized carbons (Fsp3) is 0.333. The van der Waals surface area contributed by atoms with Crippen molar-refractivity contribution >= 4 is 10.0 Å². The predicted molar refractivity (Wildman–Crippen MR) is 89.9 cm³/mol. The van der Waals surface area contributed by atoms with Crippen molar-refractivity contribution in [2.45, 2.75) is 38.2 Å². The third kappa shape index (κ3) is 2.99. The molecule has 0 aliphatic carbocycles. The second-order valence-corrected chi connectivity index (χ2v) is 7.93. The van der Waals surface area contributed by atoms with Gasteiger partial charge in [0.15, 0.2) is 0 Å². The lowest BCUT2D eigenvalue weighted by atomic mass is 10.0. The minimum atomic E-state index is -3.60. The number of ether oxygens (including phenoxy) is 1. The van der Waals surface area contributed by atoms with Crippen LogP contribution in [0.4, 0.5) is 0 Å². The lowest BCUT2D eigenvalue weighted by Gasteiger charge is -2.26. The zero-order valence-corrected chi connectivity index (χ0v) is 14.4. The van der Waals surface area contributed by atoms with Crippen LogP contribution in [0.15, 0.2) is 58.6 Å². The van der Waals surface area contributed by atoms with E-state index in [0.717, 1.165) is 12.0 Å². The van der Waals surface area contributed by atoms with Crippen molar-refractivity contribution in [3.63, 3.8) is 0 Å². The molecule has 0 bridgehead atoms. The molecule has 1 atom stereocenters. The summed E-state index contributed by atoms with van der Waals surface area (Å²) in [6.07, 6.45) is 2.09. The van der Waals surface area contributed by atoms with Crippen molar-refractivity contribution in [2.24, 2.45) is 0 Å². The highest BCUT2D eigenvalue weighted by molar-refractivity contribution is 7.90. The number of aryl methyl sites for hydroxylation is 1. The summed E-state index contributed by atoms with van der Waals surface area (Å²) in [5, 5.41) is 0. The summed E-state index contributed by atoms with van der Waals surface area (Å²) in [5.41, 5.74) is 4.20.